The maximum atomic E-state index is 10.8. The Morgan fingerprint density at radius 3 is 2.86 bits per heavy atom. The van der Waals surface area contributed by atoms with Crippen LogP contribution < -0.4 is 4.90 Å². The number of hydrogen-bond acceptors (Lipinski definition) is 2. The summed E-state index contributed by atoms with van der Waals surface area (Å²) < 4.78 is 0. The van der Waals surface area contributed by atoms with E-state index in [-0.39, 0.29) is 0 Å². The summed E-state index contributed by atoms with van der Waals surface area (Å²) in [5, 5.41) is 8.89. The molecule has 0 saturated heterocycles. The van der Waals surface area contributed by atoms with Gasteiger partial charge in [0.2, 0.25) is 0 Å². The first kappa shape index (κ1) is 8.81. The molecule has 1 N–H and O–H groups in total. The van der Waals surface area contributed by atoms with Gasteiger partial charge in [-0.15, -0.1) is 0 Å². The summed E-state index contributed by atoms with van der Waals surface area (Å²) in [7, 11) is 1.86. The normalized spacial score (nSPS) is 14.6. The largest absolute Gasteiger partial charge is 0.478 e. The number of para-hydroxylation sites is 1. The topological polar surface area (TPSA) is 40.5 Å². The van der Waals surface area contributed by atoms with Gasteiger partial charge < -0.3 is 10.0 Å². The van der Waals surface area contributed by atoms with Crippen molar-refractivity contribution in [3.05, 3.63) is 41.6 Å². The molecule has 0 unspecified atom stereocenters. The van der Waals surface area contributed by atoms with Crippen LogP contribution >= 0.6 is 0 Å². The Bertz CT molecular complexity index is 410. The van der Waals surface area contributed by atoms with Crippen LogP contribution in [0.15, 0.2) is 36.0 Å². The van der Waals surface area contributed by atoms with Gasteiger partial charge in [0.1, 0.15) is 0 Å². The van der Waals surface area contributed by atoms with Crippen molar-refractivity contribution in [1.82, 2.24) is 0 Å². The summed E-state index contributed by atoms with van der Waals surface area (Å²) in [6, 6.07) is 7.83. The van der Waals surface area contributed by atoms with Gasteiger partial charge in [-0.1, -0.05) is 18.2 Å². The molecule has 0 radical (unpaired) electrons. The molecule has 0 spiro atoms. The lowest BCUT2D eigenvalue weighted by atomic mass is 10.0. The predicted octanol–water partition coefficient (Wildman–Crippen LogP) is 1.65. The van der Waals surface area contributed by atoms with Gasteiger partial charge in [-0.2, -0.15) is 0 Å². The van der Waals surface area contributed by atoms with E-state index in [1.807, 2.05) is 36.2 Å². The van der Waals surface area contributed by atoms with Gasteiger partial charge in [-0.25, -0.2) is 4.79 Å². The van der Waals surface area contributed by atoms with E-state index in [1.54, 1.807) is 6.20 Å². The Labute approximate surface area is 82.3 Å². The van der Waals surface area contributed by atoms with Gasteiger partial charge in [-0.3, -0.25) is 0 Å². The predicted molar refractivity (Wildman–Crippen MR) is 54.3 cm³/mol. The molecule has 1 aromatic carbocycles. The zero-order valence-electron chi connectivity index (χ0n) is 7.90. The van der Waals surface area contributed by atoms with Crippen LogP contribution in [0.1, 0.15) is 5.56 Å². The molecular weight excluding hydrogens is 178 g/mol. The lowest BCUT2D eigenvalue weighted by Crippen LogP contribution is -2.20. The fourth-order valence-corrected chi connectivity index (χ4v) is 1.69. The van der Waals surface area contributed by atoms with Gasteiger partial charge in [0, 0.05) is 25.4 Å². The van der Waals surface area contributed by atoms with E-state index in [2.05, 4.69) is 0 Å². The summed E-state index contributed by atoms with van der Waals surface area (Å²) in [4.78, 5) is 12.7. The summed E-state index contributed by atoms with van der Waals surface area (Å²) >= 11 is 0. The minimum absolute atomic E-state index is 0.436. The Morgan fingerprint density at radius 2 is 2.14 bits per heavy atom. The smallest absolute Gasteiger partial charge is 0.333 e. The third-order valence-electron chi connectivity index (χ3n) is 2.38. The van der Waals surface area contributed by atoms with Crippen molar-refractivity contribution in [3.63, 3.8) is 0 Å². The molecule has 14 heavy (non-hydrogen) atoms. The van der Waals surface area contributed by atoms with E-state index in [9.17, 15) is 4.79 Å². The van der Waals surface area contributed by atoms with Gasteiger partial charge in [0.25, 0.3) is 0 Å². The van der Waals surface area contributed by atoms with Crippen LogP contribution in [0.4, 0.5) is 5.69 Å². The van der Waals surface area contributed by atoms with Gasteiger partial charge in [0.15, 0.2) is 0 Å². The zero-order chi connectivity index (χ0) is 10.1. The van der Waals surface area contributed by atoms with Crippen molar-refractivity contribution in [2.75, 3.05) is 11.9 Å². The van der Waals surface area contributed by atoms with E-state index >= 15 is 0 Å². The highest BCUT2D eigenvalue weighted by Gasteiger charge is 2.18. The first-order valence-electron chi connectivity index (χ1n) is 4.43. The lowest BCUT2D eigenvalue weighted by molar-refractivity contribution is -0.132. The first-order valence-corrected chi connectivity index (χ1v) is 4.43. The molecule has 3 heteroatoms. The second-order valence-electron chi connectivity index (χ2n) is 3.38. The van der Waals surface area contributed by atoms with E-state index in [1.165, 1.54) is 0 Å². The van der Waals surface area contributed by atoms with Crippen molar-refractivity contribution in [2.24, 2.45) is 0 Å². The fourth-order valence-electron chi connectivity index (χ4n) is 1.69. The molecule has 2 rings (SSSR count). The number of fused-ring (bicyclic) bond motifs is 1. The summed E-state index contributed by atoms with van der Waals surface area (Å²) in [6.45, 7) is 0. The average molecular weight is 189 g/mol. The van der Waals surface area contributed by atoms with Gasteiger partial charge in [0.05, 0.1) is 5.57 Å². The summed E-state index contributed by atoms with van der Waals surface area (Å²) in [5.41, 5.74) is 2.58. The molecule has 0 amide bonds. The summed E-state index contributed by atoms with van der Waals surface area (Å²) in [6.07, 6.45) is 2.18. The first-order chi connectivity index (χ1) is 6.68. The van der Waals surface area contributed by atoms with Crippen LogP contribution in [0, 0.1) is 0 Å². The van der Waals surface area contributed by atoms with Crippen molar-refractivity contribution in [1.29, 1.82) is 0 Å². The standard InChI is InChI=1S/C11H11NO2/c1-12-7-9(11(13)14)6-8-4-2-3-5-10(8)12/h2-5,7H,6H2,1H3,(H,13,14). The number of carboxylic acids is 1. The molecule has 1 aliphatic rings. The van der Waals surface area contributed by atoms with Crippen LogP contribution in [0.2, 0.25) is 0 Å². The SMILES string of the molecule is CN1C=C(C(=O)O)Cc2ccccc21. The molecule has 1 heterocycles. The molecule has 0 fully saturated rings. The second-order valence-corrected chi connectivity index (χ2v) is 3.38. The number of carbonyl (C=O) groups is 1. The monoisotopic (exact) mass is 189 g/mol. The van der Waals surface area contributed by atoms with Crippen molar-refractivity contribution in [2.45, 2.75) is 6.42 Å². The van der Waals surface area contributed by atoms with Crippen molar-refractivity contribution >= 4 is 11.7 Å². The number of anilines is 1. The lowest BCUT2D eigenvalue weighted by Gasteiger charge is -2.24. The van der Waals surface area contributed by atoms with Crippen LogP contribution in [0.5, 0.6) is 0 Å². The Kier molecular flexibility index (Phi) is 2.00. The molecule has 0 aliphatic carbocycles. The van der Waals surface area contributed by atoms with Crippen molar-refractivity contribution in [3.8, 4) is 0 Å². The third kappa shape index (κ3) is 1.37. The molecule has 0 aromatic heterocycles. The highest BCUT2D eigenvalue weighted by atomic mass is 16.4. The molecule has 0 bridgehead atoms. The maximum Gasteiger partial charge on any atom is 0.333 e. The molecule has 0 atom stereocenters. The summed E-state index contributed by atoms with van der Waals surface area (Å²) in [5.74, 6) is -0.841. The number of nitrogens with zero attached hydrogens (tertiary/aromatic N) is 1. The highest BCUT2D eigenvalue weighted by Crippen LogP contribution is 2.27. The second kappa shape index (κ2) is 3.18. The number of hydrogen-bond donors (Lipinski definition) is 1. The number of carboxylic acid groups (broad SMARTS) is 1. The van der Waals surface area contributed by atoms with Gasteiger partial charge >= 0.3 is 5.97 Å². The quantitative estimate of drug-likeness (QED) is 0.730. The van der Waals surface area contributed by atoms with E-state index in [0.29, 0.717) is 12.0 Å². The Balaban J connectivity index is 2.42. The third-order valence-corrected chi connectivity index (χ3v) is 2.38. The fraction of sp³-hybridized carbons (Fsp3) is 0.182. The van der Waals surface area contributed by atoms with Crippen molar-refractivity contribution < 1.29 is 9.90 Å². The minimum Gasteiger partial charge on any atom is -0.478 e. The molecule has 1 aliphatic heterocycles. The van der Waals surface area contributed by atoms with Crippen LogP contribution in [-0.2, 0) is 11.2 Å². The Hall–Kier alpha value is -1.77. The maximum absolute atomic E-state index is 10.8. The minimum atomic E-state index is -0.841. The highest BCUT2D eigenvalue weighted by molar-refractivity contribution is 5.89. The molecule has 72 valence electrons. The van der Waals surface area contributed by atoms with Gasteiger partial charge in [-0.05, 0) is 11.6 Å². The molecule has 0 saturated carbocycles. The average Bonchev–Trinajstić information content (AvgIpc) is 2.17. The molecular formula is C11H11NO2. The number of rotatable bonds is 1. The Morgan fingerprint density at radius 1 is 1.43 bits per heavy atom. The number of benzene rings is 1. The van der Waals surface area contributed by atoms with Crippen LogP contribution in [0.3, 0.4) is 0 Å². The van der Waals surface area contributed by atoms with Crippen LogP contribution in [0.25, 0.3) is 0 Å². The van der Waals surface area contributed by atoms with E-state index in [0.717, 1.165) is 11.3 Å². The molecule has 3 nitrogen and oxygen atoms in total. The number of aliphatic carboxylic acids is 1. The zero-order valence-corrected chi connectivity index (χ0v) is 7.90. The van der Waals surface area contributed by atoms with E-state index < -0.39 is 5.97 Å². The molecule has 1 aromatic rings. The van der Waals surface area contributed by atoms with E-state index in [4.69, 9.17) is 5.11 Å². The van der Waals surface area contributed by atoms with Crippen LogP contribution in [-0.4, -0.2) is 18.1 Å².